The molecule has 1 aliphatic carbocycles. The number of anilines is 1. The summed E-state index contributed by atoms with van der Waals surface area (Å²) in [6, 6.07) is 14.4. The minimum Gasteiger partial charge on any atom is -0.492 e. The molecule has 2 fully saturated rings. The van der Waals surface area contributed by atoms with Crippen LogP contribution in [0, 0.1) is 6.92 Å². The molecule has 7 heteroatoms. The van der Waals surface area contributed by atoms with Gasteiger partial charge in [0.1, 0.15) is 12.4 Å². The van der Waals surface area contributed by atoms with E-state index in [9.17, 15) is 4.79 Å². The van der Waals surface area contributed by atoms with E-state index in [0.717, 1.165) is 74.0 Å². The highest BCUT2D eigenvalue weighted by molar-refractivity contribution is 6.16. The Balaban J connectivity index is 1.42. The molecule has 1 aromatic heterocycles. The molecule has 1 saturated carbocycles. The normalized spacial score (nSPS) is 20.1. The fraction of sp³-hybridized carbons (Fsp3) is 0.484. The first-order valence-corrected chi connectivity index (χ1v) is 14.4. The number of aromatic nitrogens is 1. The number of carbonyl (C=O) groups is 1. The van der Waals surface area contributed by atoms with Crippen molar-refractivity contribution in [2.45, 2.75) is 63.6 Å². The Morgan fingerprint density at radius 1 is 1.13 bits per heavy atom. The largest absolute Gasteiger partial charge is 0.492 e. The Labute approximate surface area is 230 Å². The van der Waals surface area contributed by atoms with Gasteiger partial charge in [-0.05, 0) is 94.1 Å². The number of nitrogens with one attached hydrogen (secondary N) is 1. The predicted molar refractivity (Wildman–Crippen MR) is 155 cm³/mol. The van der Waals surface area contributed by atoms with Gasteiger partial charge in [-0.3, -0.25) is 9.78 Å². The molecule has 1 atom stereocenters. The van der Waals surface area contributed by atoms with Crippen molar-refractivity contribution >= 4 is 32.7 Å². The van der Waals surface area contributed by atoms with E-state index >= 15 is 0 Å². The number of nitrogens with zero attached hydrogens (tertiary/aromatic N) is 3. The lowest BCUT2D eigenvalue weighted by atomic mass is 9.96. The molecule has 199 valence electrons. The van der Waals surface area contributed by atoms with Gasteiger partial charge in [-0.1, -0.05) is 26.0 Å². The van der Waals surface area contributed by atoms with Crippen LogP contribution in [0.1, 0.15) is 67.4 Å². The number of rotatable bonds is 11. The maximum absolute atomic E-state index is 13.7. The lowest BCUT2D eigenvalue weighted by Crippen LogP contribution is -2.61. The van der Waals surface area contributed by atoms with Crippen molar-refractivity contribution in [2.24, 2.45) is 0 Å². The molecule has 1 N–H and O–H groups in total. The Bertz CT molecular complexity index is 1320. The second-order valence-corrected chi connectivity index (χ2v) is 12.0. The molecule has 3 radical (unpaired) electrons. The molecule has 5 rings (SSSR count). The van der Waals surface area contributed by atoms with Gasteiger partial charge >= 0.3 is 0 Å². The summed E-state index contributed by atoms with van der Waals surface area (Å²) in [7, 11) is 5.94. The van der Waals surface area contributed by atoms with E-state index in [1.807, 2.05) is 37.4 Å². The van der Waals surface area contributed by atoms with Gasteiger partial charge < -0.3 is 19.9 Å². The molecule has 0 bridgehead atoms. The smallest absolute Gasteiger partial charge is 0.252 e. The average molecular weight is 528 g/mol. The van der Waals surface area contributed by atoms with Crippen molar-refractivity contribution in [3.8, 4) is 5.75 Å². The first-order valence-electron chi connectivity index (χ1n) is 13.9. The van der Waals surface area contributed by atoms with Crippen LogP contribution < -0.4 is 15.0 Å². The highest BCUT2D eigenvalue weighted by Crippen LogP contribution is 2.49. The van der Waals surface area contributed by atoms with Gasteiger partial charge in [0.25, 0.3) is 5.91 Å². The van der Waals surface area contributed by atoms with Gasteiger partial charge in [0.15, 0.2) is 0 Å². The number of pyridine rings is 1. The summed E-state index contributed by atoms with van der Waals surface area (Å²) in [6.45, 7) is 10.0. The molecule has 0 spiro atoms. The number of ether oxygens (including phenoxy) is 1. The van der Waals surface area contributed by atoms with Crippen LogP contribution in [-0.4, -0.2) is 64.5 Å². The third kappa shape index (κ3) is 5.18. The number of hydrogen-bond acceptors (Lipinski definition) is 5. The second kappa shape index (κ2) is 10.7. The van der Waals surface area contributed by atoms with Gasteiger partial charge in [-0.2, -0.15) is 0 Å². The van der Waals surface area contributed by atoms with Crippen molar-refractivity contribution < 1.29 is 9.53 Å². The summed E-state index contributed by atoms with van der Waals surface area (Å²) >= 11 is 0. The molecule has 0 unspecified atom stereocenters. The monoisotopic (exact) mass is 527 g/mol. The van der Waals surface area contributed by atoms with E-state index in [0.29, 0.717) is 12.2 Å². The third-order valence-electron chi connectivity index (χ3n) is 8.20. The Hall–Kier alpha value is -2.90. The minimum atomic E-state index is -0.379. The van der Waals surface area contributed by atoms with Crippen LogP contribution in [0.3, 0.4) is 0 Å². The summed E-state index contributed by atoms with van der Waals surface area (Å²) in [4.78, 5) is 23.1. The first kappa shape index (κ1) is 26.7. The van der Waals surface area contributed by atoms with Gasteiger partial charge in [0.05, 0.1) is 21.3 Å². The third-order valence-corrected chi connectivity index (χ3v) is 8.97. The van der Waals surface area contributed by atoms with E-state index in [-0.39, 0.29) is 16.6 Å². The SMILES string of the molecule is CCCN(CCC)c1cc(C2(NC(=O)c3cc(OC[C@]4([Si])CCN4C)ccc3C)CC2)c2cccnc2c1. The Kier molecular flexibility index (Phi) is 7.51. The van der Waals surface area contributed by atoms with Crippen LogP contribution in [0.25, 0.3) is 10.9 Å². The van der Waals surface area contributed by atoms with Crippen LogP contribution in [0.2, 0.25) is 0 Å². The number of carbonyl (C=O) groups excluding carboxylic acids is 1. The number of likely N-dealkylation sites (N-methyl/N-ethyl adjacent to an activating group) is 1. The zero-order valence-corrected chi connectivity index (χ0v) is 24.1. The van der Waals surface area contributed by atoms with Crippen LogP contribution in [0.5, 0.6) is 5.75 Å². The Morgan fingerprint density at radius 2 is 1.89 bits per heavy atom. The molecule has 3 aromatic rings. The summed E-state index contributed by atoms with van der Waals surface area (Å²) in [5, 5.41) is 4.42. The first-order chi connectivity index (χ1) is 18.3. The van der Waals surface area contributed by atoms with Crippen LogP contribution in [0.4, 0.5) is 5.69 Å². The fourth-order valence-corrected chi connectivity index (χ4v) is 5.75. The predicted octanol–water partition coefficient (Wildman–Crippen LogP) is 5.17. The lowest BCUT2D eigenvalue weighted by Gasteiger charge is -2.48. The summed E-state index contributed by atoms with van der Waals surface area (Å²) in [5.74, 6) is 0.663. The zero-order valence-electron chi connectivity index (χ0n) is 23.1. The van der Waals surface area contributed by atoms with Gasteiger partial charge in [-0.25, -0.2) is 0 Å². The maximum Gasteiger partial charge on any atom is 0.252 e. The molecular weight excluding hydrogens is 488 g/mol. The highest BCUT2D eigenvalue weighted by Gasteiger charge is 2.47. The number of likely N-dealkylation sites (tertiary alicyclic amines) is 1. The van der Waals surface area contributed by atoms with E-state index < -0.39 is 0 Å². The molecule has 1 amide bonds. The number of hydrogen-bond donors (Lipinski definition) is 1. The molecular formula is C31H39N4O2Si. The number of aryl methyl sites for hydroxylation is 1. The second-order valence-electron chi connectivity index (χ2n) is 11.1. The summed E-state index contributed by atoms with van der Waals surface area (Å²) in [5.41, 5.74) is 4.56. The van der Waals surface area contributed by atoms with Crippen molar-refractivity contribution in [1.29, 1.82) is 0 Å². The summed E-state index contributed by atoms with van der Waals surface area (Å²) in [6.07, 6.45) is 6.90. The van der Waals surface area contributed by atoms with Crippen LogP contribution in [-0.2, 0) is 5.54 Å². The van der Waals surface area contributed by atoms with Crippen molar-refractivity contribution in [2.75, 3.05) is 38.2 Å². The zero-order chi connectivity index (χ0) is 26.9. The molecule has 38 heavy (non-hydrogen) atoms. The molecule has 1 aliphatic heterocycles. The topological polar surface area (TPSA) is 57.7 Å². The maximum atomic E-state index is 13.7. The Morgan fingerprint density at radius 3 is 2.53 bits per heavy atom. The van der Waals surface area contributed by atoms with E-state index in [4.69, 9.17) is 9.72 Å². The molecule has 6 nitrogen and oxygen atoms in total. The highest BCUT2D eigenvalue weighted by atomic mass is 28.1. The number of fused-ring (bicyclic) bond motifs is 1. The van der Waals surface area contributed by atoms with E-state index in [1.165, 1.54) is 11.3 Å². The summed E-state index contributed by atoms with van der Waals surface area (Å²) < 4.78 is 6.12. The molecule has 2 aromatic carbocycles. The van der Waals surface area contributed by atoms with E-state index in [1.54, 1.807) is 0 Å². The minimum absolute atomic E-state index is 0.0549. The number of amides is 1. The van der Waals surface area contributed by atoms with Gasteiger partial charge in [0.2, 0.25) is 0 Å². The lowest BCUT2D eigenvalue weighted by molar-refractivity contribution is 0.0408. The quantitative estimate of drug-likeness (QED) is 0.349. The molecule has 2 heterocycles. The fourth-order valence-electron chi connectivity index (χ4n) is 5.45. The van der Waals surface area contributed by atoms with Gasteiger partial charge in [0, 0.05) is 41.1 Å². The van der Waals surface area contributed by atoms with Crippen LogP contribution in [0.15, 0.2) is 48.7 Å². The standard InChI is InChI=1S/C31H39N4O2Si/c1-5-15-35(16-6-2)23-18-27(25-8-7-14-32-28(25)19-23)30(11-12-30)33-29(36)26-20-24(10-9-22(26)3)37-21-31(38)13-17-34(31)4/h7-10,14,18-20H,5-6,11-13,15-17,21H2,1-4H3,(H,33,36)/t31-/m1/s1. The van der Waals surface area contributed by atoms with Crippen LogP contribution >= 0.6 is 0 Å². The van der Waals surface area contributed by atoms with Crippen molar-refractivity contribution in [3.63, 3.8) is 0 Å². The molecule has 1 saturated heterocycles. The molecule has 2 aliphatic rings. The number of benzene rings is 2. The van der Waals surface area contributed by atoms with Gasteiger partial charge in [-0.15, -0.1) is 0 Å². The van der Waals surface area contributed by atoms with Crippen molar-refractivity contribution in [1.82, 2.24) is 15.2 Å². The average Bonchev–Trinajstić information content (AvgIpc) is 3.70. The van der Waals surface area contributed by atoms with E-state index in [2.05, 4.69) is 64.5 Å². The van der Waals surface area contributed by atoms with Crippen molar-refractivity contribution in [3.05, 3.63) is 65.4 Å².